The fourth-order valence-electron chi connectivity index (χ4n) is 1.47. The second-order valence-electron chi connectivity index (χ2n) is 4.43. The molecule has 0 saturated heterocycles. The van der Waals surface area contributed by atoms with Gasteiger partial charge in [0.1, 0.15) is 10.6 Å². The maximum absolute atomic E-state index is 5.32. The van der Waals surface area contributed by atoms with Crippen LogP contribution in [0.2, 0.25) is 0 Å². The van der Waals surface area contributed by atoms with Crippen molar-refractivity contribution in [3.05, 3.63) is 34.3 Å². The smallest absolute Gasteiger partial charge is 0.138 e. The van der Waals surface area contributed by atoms with Gasteiger partial charge in [-0.2, -0.15) is 0 Å². The summed E-state index contributed by atoms with van der Waals surface area (Å²) in [6, 6.07) is 8.35. The summed E-state index contributed by atoms with van der Waals surface area (Å²) in [5.41, 5.74) is 1.17. The first-order chi connectivity index (χ1) is 7.55. The normalized spacial score (nSPS) is 18.1. The molecule has 4 heteroatoms. The second kappa shape index (κ2) is 4.80. The molecule has 1 heterocycles. The summed E-state index contributed by atoms with van der Waals surface area (Å²) in [4.78, 5) is 5.32. The summed E-state index contributed by atoms with van der Waals surface area (Å²) in [5, 5.41) is 5.18. The highest BCUT2D eigenvalue weighted by Crippen LogP contribution is 2.29. The summed E-state index contributed by atoms with van der Waals surface area (Å²) >= 11 is 5.22. The van der Waals surface area contributed by atoms with Crippen molar-refractivity contribution in [2.45, 2.75) is 31.6 Å². The highest BCUT2D eigenvalue weighted by atomic mass is 79.9. The Morgan fingerprint density at radius 2 is 2.31 bits per heavy atom. The van der Waals surface area contributed by atoms with Crippen molar-refractivity contribution in [1.29, 1.82) is 0 Å². The molecule has 0 N–H and O–H groups in total. The van der Waals surface area contributed by atoms with Gasteiger partial charge in [0.15, 0.2) is 0 Å². The van der Waals surface area contributed by atoms with Crippen LogP contribution in [-0.4, -0.2) is 10.6 Å². The lowest BCUT2D eigenvalue weighted by Crippen LogP contribution is -2.18. The highest BCUT2D eigenvalue weighted by Gasteiger charge is 2.28. The Labute approximate surface area is 109 Å². The van der Waals surface area contributed by atoms with Gasteiger partial charge < -0.3 is 4.84 Å². The number of rotatable bonds is 2. The molecule has 0 radical (unpaired) electrons. The molecule has 1 aromatic carbocycles. The average Bonchev–Trinajstić information content (AvgIpc) is 2.56. The third-order valence-electron chi connectivity index (χ3n) is 2.27. The number of benzene rings is 1. The molecule has 1 aliphatic heterocycles. The standard InChI is InChI=1S/C12H14BrNOS/c1-12(2)7-11(14-15-12)16-8-9-4-3-5-10(13)6-9/h3-6H,7-8H2,1-2H3. The summed E-state index contributed by atoms with van der Waals surface area (Å²) in [6.45, 7) is 4.12. The van der Waals surface area contributed by atoms with E-state index in [-0.39, 0.29) is 5.60 Å². The first kappa shape index (κ1) is 12.0. The van der Waals surface area contributed by atoms with Crippen molar-refractivity contribution < 1.29 is 4.84 Å². The quantitative estimate of drug-likeness (QED) is 0.816. The van der Waals surface area contributed by atoms with Crippen LogP contribution in [0.15, 0.2) is 33.9 Å². The fraction of sp³-hybridized carbons (Fsp3) is 0.417. The molecular formula is C12H14BrNOS. The van der Waals surface area contributed by atoms with Gasteiger partial charge >= 0.3 is 0 Å². The number of hydrogen-bond donors (Lipinski definition) is 0. The van der Waals surface area contributed by atoms with E-state index in [2.05, 4.69) is 53.1 Å². The monoisotopic (exact) mass is 299 g/mol. The third-order valence-corrected chi connectivity index (χ3v) is 3.79. The maximum Gasteiger partial charge on any atom is 0.138 e. The van der Waals surface area contributed by atoms with Crippen LogP contribution < -0.4 is 0 Å². The number of halogens is 1. The summed E-state index contributed by atoms with van der Waals surface area (Å²) in [6.07, 6.45) is 0.908. The van der Waals surface area contributed by atoms with E-state index in [4.69, 9.17) is 4.84 Å². The fourth-order valence-corrected chi connectivity index (χ4v) is 2.97. The molecule has 0 fully saturated rings. The van der Waals surface area contributed by atoms with Crippen molar-refractivity contribution in [2.75, 3.05) is 0 Å². The predicted molar refractivity (Wildman–Crippen MR) is 72.7 cm³/mol. The lowest BCUT2D eigenvalue weighted by Gasteiger charge is -2.13. The van der Waals surface area contributed by atoms with Crippen LogP contribution in [0.5, 0.6) is 0 Å². The minimum atomic E-state index is -0.125. The Morgan fingerprint density at radius 3 is 2.94 bits per heavy atom. The molecule has 0 aliphatic carbocycles. The topological polar surface area (TPSA) is 21.6 Å². The van der Waals surface area contributed by atoms with Gasteiger partial charge in [0.2, 0.25) is 0 Å². The molecule has 0 atom stereocenters. The van der Waals surface area contributed by atoms with Crippen molar-refractivity contribution in [2.24, 2.45) is 5.16 Å². The minimum Gasteiger partial charge on any atom is -0.389 e. The van der Waals surface area contributed by atoms with Gasteiger partial charge in [-0.1, -0.05) is 33.2 Å². The van der Waals surface area contributed by atoms with Crippen LogP contribution in [0.25, 0.3) is 0 Å². The lowest BCUT2D eigenvalue weighted by atomic mass is 10.1. The van der Waals surface area contributed by atoms with E-state index in [1.165, 1.54) is 5.56 Å². The summed E-state index contributed by atoms with van der Waals surface area (Å²) < 4.78 is 1.12. The average molecular weight is 300 g/mol. The van der Waals surface area contributed by atoms with Gasteiger partial charge in [-0.3, -0.25) is 0 Å². The Kier molecular flexibility index (Phi) is 3.60. The molecule has 0 amide bonds. The molecule has 86 valence electrons. The van der Waals surface area contributed by atoms with Crippen molar-refractivity contribution in [3.8, 4) is 0 Å². The maximum atomic E-state index is 5.32. The van der Waals surface area contributed by atoms with E-state index in [1.54, 1.807) is 11.8 Å². The van der Waals surface area contributed by atoms with Crippen LogP contribution in [0, 0.1) is 0 Å². The Balaban J connectivity index is 1.89. The first-order valence-electron chi connectivity index (χ1n) is 5.17. The number of thioether (sulfide) groups is 1. The SMILES string of the molecule is CC1(C)CC(SCc2cccc(Br)c2)=NO1. The molecule has 1 aliphatic rings. The summed E-state index contributed by atoms with van der Waals surface area (Å²) in [5.74, 6) is 0.942. The molecule has 2 nitrogen and oxygen atoms in total. The zero-order valence-electron chi connectivity index (χ0n) is 9.37. The van der Waals surface area contributed by atoms with Crippen molar-refractivity contribution in [3.63, 3.8) is 0 Å². The zero-order chi connectivity index (χ0) is 11.6. The molecule has 0 unspecified atom stereocenters. The first-order valence-corrected chi connectivity index (χ1v) is 6.95. The molecule has 1 aromatic rings. The van der Waals surface area contributed by atoms with Crippen LogP contribution in [0.3, 0.4) is 0 Å². The van der Waals surface area contributed by atoms with Gasteiger partial charge in [-0.15, -0.1) is 11.8 Å². The molecular weight excluding hydrogens is 286 g/mol. The third kappa shape index (κ3) is 3.25. The van der Waals surface area contributed by atoms with Crippen LogP contribution in [0.4, 0.5) is 0 Å². The molecule has 2 rings (SSSR count). The van der Waals surface area contributed by atoms with Crippen LogP contribution in [0.1, 0.15) is 25.8 Å². The Morgan fingerprint density at radius 1 is 1.50 bits per heavy atom. The van der Waals surface area contributed by atoms with E-state index in [9.17, 15) is 0 Å². The molecule has 16 heavy (non-hydrogen) atoms. The van der Waals surface area contributed by atoms with E-state index < -0.39 is 0 Å². The Hall–Kier alpha value is -0.480. The molecule has 0 bridgehead atoms. The molecule has 0 saturated carbocycles. The number of hydrogen-bond acceptors (Lipinski definition) is 3. The van der Waals surface area contributed by atoms with E-state index in [0.29, 0.717) is 0 Å². The number of nitrogens with zero attached hydrogens (tertiary/aromatic N) is 1. The van der Waals surface area contributed by atoms with Gasteiger partial charge in [-0.05, 0) is 31.5 Å². The lowest BCUT2D eigenvalue weighted by molar-refractivity contribution is 0.0123. The molecule has 0 aromatic heterocycles. The van der Waals surface area contributed by atoms with Crippen LogP contribution >= 0.6 is 27.7 Å². The largest absolute Gasteiger partial charge is 0.389 e. The predicted octanol–water partition coefficient (Wildman–Crippen LogP) is 4.19. The Bertz CT molecular complexity index is 417. The summed E-state index contributed by atoms with van der Waals surface area (Å²) in [7, 11) is 0. The zero-order valence-corrected chi connectivity index (χ0v) is 11.8. The van der Waals surface area contributed by atoms with E-state index in [0.717, 1.165) is 21.7 Å². The van der Waals surface area contributed by atoms with Crippen LogP contribution in [-0.2, 0) is 10.6 Å². The van der Waals surface area contributed by atoms with E-state index in [1.807, 2.05) is 6.07 Å². The van der Waals surface area contributed by atoms with Crippen molar-refractivity contribution >= 4 is 32.7 Å². The van der Waals surface area contributed by atoms with E-state index >= 15 is 0 Å². The second-order valence-corrected chi connectivity index (χ2v) is 6.40. The van der Waals surface area contributed by atoms with Gasteiger partial charge in [0.05, 0.1) is 0 Å². The minimum absolute atomic E-state index is 0.125. The van der Waals surface area contributed by atoms with Gasteiger partial charge in [0, 0.05) is 16.6 Å². The van der Waals surface area contributed by atoms with Crippen molar-refractivity contribution in [1.82, 2.24) is 0 Å². The molecule has 0 spiro atoms. The number of oxime groups is 1. The van der Waals surface area contributed by atoms with Gasteiger partial charge in [0.25, 0.3) is 0 Å². The highest BCUT2D eigenvalue weighted by molar-refractivity contribution is 9.10. The van der Waals surface area contributed by atoms with Gasteiger partial charge in [-0.25, -0.2) is 0 Å².